The number of para-hydroxylation sites is 1. The van der Waals surface area contributed by atoms with Gasteiger partial charge in [0.2, 0.25) is 10.0 Å². The molecule has 0 unspecified atom stereocenters. The number of hydrogen-bond donors (Lipinski definition) is 1. The predicted octanol–water partition coefficient (Wildman–Crippen LogP) is 1.97. The number of piperazine rings is 1. The molecule has 1 aromatic heterocycles. The molecule has 1 aliphatic heterocycles. The van der Waals surface area contributed by atoms with Crippen LogP contribution >= 0.6 is 0 Å². The summed E-state index contributed by atoms with van der Waals surface area (Å²) in [5.41, 5.74) is 0.394. The lowest BCUT2D eigenvalue weighted by Crippen LogP contribution is -2.51. The molecule has 140 valence electrons. The second kappa shape index (κ2) is 7.04. The first kappa shape index (κ1) is 18.3. The minimum atomic E-state index is -3.74. The van der Waals surface area contributed by atoms with Crippen LogP contribution in [0.4, 0.5) is 14.9 Å². The number of aryl methyl sites for hydroxylation is 2. The first-order chi connectivity index (χ1) is 12.3. The largest absolute Gasteiger partial charge is 0.360 e. The molecule has 1 aliphatic rings. The summed E-state index contributed by atoms with van der Waals surface area (Å²) in [6.07, 6.45) is 0. The molecule has 0 aliphatic carbocycles. The number of carbonyl (C=O) groups excluding carboxylic acids is 1. The van der Waals surface area contributed by atoms with Gasteiger partial charge in [-0.05, 0) is 26.0 Å². The van der Waals surface area contributed by atoms with Crippen LogP contribution in [-0.4, -0.2) is 55.0 Å². The Bertz CT molecular complexity index is 901. The lowest BCUT2D eigenvalue weighted by molar-refractivity contribution is 0.184. The molecule has 0 bridgehead atoms. The second-order valence-corrected chi connectivity index (χ2v) is 7.83. The molecule has 1 saturated heterocycles. The van der Waals surface area contributed by atoms with Gasteiger partial charge in [-0.3, -0.25) is 0 Å². The maximum Gasteiger partial charge on any atom is 0.322 e. The van der Waals surface area contributed by atoms with E-state index in [4.69, 9.17) is 4.52 Å². The average molecular weight is 382 g/mol. The van der Waals surface area contributed by atoms with Gasteiger partial charge in [0.05, 0.1) is 5.69 Å². The van der Waals surface area contributed by atoms with Crippen LogP contribution in [0.15, 0.2) is 33.7 Å². The van der Waals surface area contributed by atoms with E-state index in [9.17, 15) is 17.6 Å². The minimum absolute atomic E-state index is 0.0711. The molecule has 1 aromatic carbocycles. The first-order valence-electron chi connectivity index (χ1n) is 8.04. The van der Waals surface area contributed by atoms with Crippen molar-refractivity contribution in [1.82, 2.24) is 14.4 Å². The van der Waals surface area contributed by atoms with Crippen molar-refractivity contribution in [3.8, 4) is 0 Å². The van der Waals surface area contributed by atoms with Crippen molar-refractivity contribution >= 4 is 21.7 Å². The lowest BCUT2D eigenvalue weighted by Gasteiger charge is -2.33. The topological polar surface area (TPSA) is 95.8 Å². The van der Waals surface area contributed by atoms with Crippen LogP contribution in [0.5, 0.6) is 0 Å². The van der Waals surface area contributed by atoms with E-state index in [0.717, 1.165) is 0 Å². The average Bonchev–Trinajstić information content (AvgIpc) is 2.96. The van der Waals surface area contributed by atoms with E-state index >= 15 is 0 Å². The van der Waals surface area contributed by atoms with Crippen LogP contribution in [0.3, 0.4) is 0 Å². The molecule has 0 saturated carbocycles. The Morgan fingerprint density at radius 1 is 1.19 bits per heavy atom. The molecule has 2 amide bonds. The van der Waals surface area contributed by atoms with E-state index < -0.39 is 21.9 Å². The van der Waals surface area contributed by atoms with Crippen molar-refractivity contribution in [2.75, 3.05) is 31.5 Å². The number of hydrogen-bond acceptors (Lipinski definition) is 5. The number of aromatic nitrogens is 1. The van der Waals surface area contributed by atoms with Gasteiger partial charge in [-0.2, -0.15) is 4.31 Å². The fourth-order valence-corrected chi connectivity index (χ4v) is 4.57. The van der Waals surface area contributed by atoms with Gasteiger partial charge in [-0.15, -0.1) is 0 Å². The number of urea groups is 1. The van der Waals surface area contributed by atoms with E-state index in [1.54, 1.807) is 19.9 Å². The van der Waals surface area contributed by atoms with Crippen LogP contribution < -0.4 is 5.32 Å². The smallest absolute Gasteiger partial charge is 0.322 e. The highest BCUT2D eigenvalue weighted by Gasteiger charge is 2.34. The first-order valence-corrected chi connectivity index (χ1v) is 9.48. The molecule has 1 N–H and O–H groups in total. The Morgan fingerprint density at radius 2 is 1.85 bits per heavy atom. The molecule has 2 heterocycles. The Balaban J connectivity index is 1.66. The Morgan fingerprint density at radius 3 is 2.42 bits per heavy atom. The number of rotatable bonds is 3. The summed E-state index contributed by atoms with van der Waals surface area (Å²) in [5, 5.41) is 6.18. The molecule has 0 radical (unpaired) electrons. The summed E-state index contributed by atoms with van der Waals surface area (Å²) in [4.78, 5) is 13.8. The number of carbonyl (C=O) groups is 1. The van der Waals surface area contributed by atoms with Gasteiger partial charge >= 0.3 is 6.03 Å². The standard InChI is InChI=1S/C16H19FN4O4S/c1-11-15(12(2)25-19-11)26(23,24)21-9-7-20(8-10-21)16(22)18-14-6-4-3-5-13(14)17/h3-6H,7-10H2,1-2H3,(H,18,22). The molecular formula is C16H19FN4O4S. The third-order valence-electron chi connectivity index (χ3n) is 4.21. The van der Waals surface area contributed by atoms with E-state index in [1.807, 2.05) is 0 Å². The molecular weight excluding hydrogens is 363 g/mol. The normalized spacial score (nSPS) is 15.9. The summed E-state index contributed by atoms with van der Waals surface area (Å²) in [6, 6.07) is 5.40. The Labute approximate surface area is 150 Å². The van der Waals surface area contributed by atoms with Gasteiger partial charge in [0, 0.05) is 26.2 Å². The molecule has 0 spiro atoms. The molecule has 3 rings (SSSR count). The highest BCUT2D eigenvalue weighted by atomic mass is 32.2. The Hall–Kier alpha value is -2.46. The summed E-state index contributed by atoms with van der Waals surface area (Å²) < 4.78 is 45.4. The third-order valence-corrected chi connectivity index (χ3v) is 6.35. The quantitative estimate of drug-likeness (QED) is 0.876. The summed E-state index contributed by atoms with van der Waals surface area (Å²) in [5.74, 6) is -0.289. The lowest BCUT2D eigenvalue weighted by atomic mass is 10.3. The van der Waals surface area contributed by atoms with E-state index in [1.165, 1.54) is 27.4 Å². The number of amides is 2. The van der Waals surface area contributed by atoms with Gasteiger partial charge in [-0.1, -0.05) is 17.3 Å². The molecule has 2 aromatic rings. The summed E-state index contributed by atoms with van der Waals surface area (Å²) in [7, 11) is -3.74. The zero-order valence-electron chi connectivity index (χ0n) is 14.4. The van der Waals surface area contributed by atoms with Crippen molar-refractivity contribution in [1.29, 1.82) is 0 Å². The number of benzene rings is 1. The fourth-order valence-electron chi connectivity index (χ4n) is 2.86. The zero-order chi connectivity index (χ0) is 18.9. The summed E-state index contributed by atoms with van der Waals surface area (Å²) in [6.45, 7) is 3.78. The van der Waals surface area contributed by atoms with Crippen LogP contribution in [0, 0.1) is 19.7 Å². The number of sulfonamides is 1. The van der Waals surface area contributed by atoms with Gasteiger partial charge in [0.25, 0.3) is 0 Å². The number of nitrogens with one attached hydrogen (secondary N) is 1. The van der Waals surface area contributed by atoms with Crippen molar-refractivity contribution in [2.24, 2.45) is 0 Å². The van der Waals surface area contributed by atoms with E-state index in [0.29, 0.717) is 5.69 Å². The van der Waals surface area contributed by atoms with Crippen molar-refractivity contribution in [3.63, 3.8) is 0 Å². The van der Waals surface area contributed by atoms with Crippen LogP contribution in [0.1, 0.15) is 11.5 Å². The monoisotopic (exact) mass is 382 g/mol. The van der Waals surface area contributed by atoms with Crippen molar-refractivity contribution in [3.05, 3.63) is 41.5 Å². The van der Waals surface area contributed by atoms with Gasteiger partial charge in [-0.25, -0.2) is 17.6 Å². The third kappa shape index (κ3) is 3.42. The number of halogens is 1. The molecule has 1 fully saturated rings. The molecule has 8 nitrogen and oxygen atoms in total. The number of anilines is 1. The zero-order valence-corrected chi connectivity index (χ0v) is 15.2. The van der Waals surface area contributed by atoms with Crippen LogP contribution in [-0.2, 0) is 10.0 Å². The van der Waals surface area contributed by atoms with Crippen LogP contribution in [0.25, 0.3) is 0 Å². The minimum Gasteiger partial charge on any atom is -0.360 e. The van der Waals surface area contributed by atoms with Crippen LogP contribution in [0.2, 0.25) is 0 Å². The molecule has 0 atom stereocenters. The molecule has 10 heteroatoms. The number of nitrogens with zero attached hydrogens (tertiary/aromatic N) is 3. The second-order valence-electron chi connectivity index (χ2n) is 5.95. The SMILES string of the molecule is Cc1noc(C)c1S(=O)(=O)N1CCN(C(=O)Nc2ccccc2F)CC1. The van der Waals surface area contributed by atoms with Crippen molar-refractivity contribution < 1.29 is 22.1 Å². The van der Waals surface area contributed by atoms with E-state index in [-0.39, 0.29) is 42.5 Å². The van der Waals surface area contributed by atoms with Gasteiger partial charge in [0.1, 0.15) is 16.4 Å². The summed E-state index contributed by atoms with van der Waals surface area (Å²) >= 11 is 0. The van der Waals surface area contributed by atoms with E-state index in [2.05, 4.69) is 10.5 Å². The van der Waals surface area contributed by atoms with Gasteiger partial charge < -0.3 is 14.7 Å². The highest BCUT2D eigenvalue weighted by Crippen LogP contribution is 2.24. The fraction of sp³-hybridized carbons (Fsp3) is 0.375. The molecule has 26 heavy (non-hydrogen) atoms. The highest BCUT2D eigenvalue weighted by molar-refractivity contribution is 7.89. The maximum atomic E-state index is 13.6. The predicted molar refractivity (Wildman–Crippen MR) is 91.7 cm³/mol. The Kier molecular flexibility index (Phi) is 4.97. The van der Waals surface area contributed by atoms with Crippen molar-refractivity contribution in [2.45, 2.75) is 18.7 Å². The van der Waals surface area contributed by atoms with Gasteiger partial charge in [0.15, 0.2) is 5.76 Å². The maximum absolute atomic E-state index is 13.6.